The van der Waals surface area contributed by atoms with Crippen molar-refractivity contribution in [2.75, 3.05) is 39.3 Å². The van der Waals surface area contributed by atoms with E-state index in [0.717, 1.165) is 51.6 Å². The average Bonchev–Trinajstić information content (AvgIpc) is 2.66. The zero-order valence-electron chi connectivity index (χ0n) is 15.1. The molecule has 0 atom stereocenters. The van der Waals surface area contributed by atoms with Crippen molar-refractivity contribution in [3.63, 3.8) is 0 Å². The molecule has 0 bridgehead atoms. The van der Waals surface area contributed by atoms with E-state index in [0.29, 0.717) is 0 Å². The number of hydrogen-bond donors (Lipinski definition) is 0. The quantitative estimate of drug-likeness (QED) is 0.762. The first-order valence-electron chi connectivity index (χ1n) is 9.21. The minimum Gasteiger partial charge on any atom is -0.494 e. The molecular weight excluding hydrogens is 308 g/mol. The van der Waals surface area contributed by atoms with Crippen LogP contribution in [0.1, 0.15) is 18.1 Å². The van der Waals surface area contributed by atoms with Crippen molar-refractivity contribution < 1.29 is 4.74 Å². The highest BCUT2D eigenvalue weighted by atomic mass is 16.5. The first kappa shape index (κ1) is 17.7. The van der Waals surface area contributed by atoms with E-state index in [4.69, 9.17) is 4.74 Å². The summed E-state index contributed by atoms with van der Waals surface area (Å²) < 4.78 is 5.51. The van der Waals surface area contributed by atoms with Crippen LogP contribution in [0.15, 0.2) is 60.7 Å². The van der Waals surface area contributed by atoms with E-state index < -0.39 is 0 Å². The number of nitrogens with zero attached hydrogens (tertiary/aromatic N) is 2. The van der Waals surface area contributed by atoms with Gasteiger partial charge in [0.05, 0.1) is 6.61 Å². The van der Waals surface area contributed by atoms with E-state index in [1.807, 2.05) is 6.92 Å². The molecule has 2 aromatic carbocycles. The predicted molar refractivity (Wildman–Crippen MR) is 105 cm³/mol. The second-order valence-electron chi connectivity index (χ2n) is 6.47. The van der Waals surface area contributed by atoms with Gasteiger partial charge in [-0.1, -0.05) is 54.6 Å². The van der Waals surface area contributed by atoms with Crippen LogP contribution in [0.25, 0.3) is 6.08 Å². The zero-order chi connectivity index (χ0) is 17.3. The van der Waals surface area contributed by atoms with Gasteiger partial charge < -0.3 is 4.74 Å². The molecule has 1 aliphatic rings. The lowest BCUT2D eigenvalue weighted by atomic mass is 10.2. The van der Waals surface area contributed by atoms with Crippen molar-refractivity contribution in [3.05, 3.63) is 71.8 Å². The molecule has 0 unspecified atom stereocenters. The Hall–Kier alpha value is -2.10. The van der Waals surface area contributed by atoms with Crippen LogP contribution in [0.2, 0.25) is 0 Å². The van der Waals surface area contributed by atoms with Gasteiger partial charge in [-0.2, -0.15) is 0 Å². The summed E-state index contributed by atoms with van der Waals surface area (Å²) in [6.07, 6.45) is 4.49. The molecule has 1 saturated heterocycles. The molecule has 1 heterocycles. The summed E-state index contributed by atoms with van der Waals surface area (Å²) in [5.41, 5.74) is 2.64. The van der Waals surface area contributed by atoms with Crippen LogP contribution in [0.4, 0.5) is 0 Å². The summed E-state index contributed by atoms with van der Waals surface area (Å²) in [7, 11) is 0. The molecule has 1 aliphatic heterocycles. The first-order valence-corrected chi connectivity index (χ1v) is 9.21. The molecule has 0 radical (unpaired) electrons. The molecular formula is C22H28N2O. The van der Waals surface area contributed by atoms with E-state index in [2.05, 4.69) is 76.5 Å². The molecule has 0 aromatic heterocycles. The van der Waals surface area contributed by atoms with Gasteiger partial charge in [-0.05, 0) is 30.2 Å². The summed E-state index contributed by atoms with van der Waals surface area (Å²) in [5.74, 6) is 0.960. The lowest BCUT2D eigenvalue weighted by Gasteiger charge is -2.34. The molecule has 0 N–H and O–H groups in total. The smallest absolute Gasteiger partial charge is 0.119 e. The lowest BCUT2D eigenvalue weighted by Crippen LogP contribution is -2.45. The highest BCUT2D eigenvalue weighted by molar-refractivity contribution is 5.48. The molecule has 3 heteroatoms. The Morgan fingerprint density at radius 2 is 1.56 bits per heavy atom. The fourth-order valence-corrected chi connectivity index (χ4v) is 3.15. The Kier molecular flexibility index (Phi) is 6.66. The highest BCUT2D eigenvalue weighted by Crippen LogP contribution is 2.14. The second kappa shape index (κ2) is 9.40. The molecule has 2 aromatic rings. The van der Waals surface area contributed by atoms with Gasteiger partial charge in [-0.3, -0.25) is 9.80 Å². The molecule has 0 saturated carbocycles. The van der Waals surface area contributed by atoms with Gasteiger partial charge in [0.15, 0.2) is 0 Å². The maximum absolute atomic E-state index is 5.51. The van der Waals surface area contributed by atoms with Gasteiger partial charge in [0.2, 0.25) is 0 Å². The van der Waals surface area contributed by atoms with Gasteiger partial charge in [-0.25, -0.2) is 0 Å². The predicted octanol–water partition coefficient (Wildman–Crippen LogP) is 3.92. The molecule has 3 rings (SSSR count). The SMILES string of the molecule is CCOc1ccc(CN2CCN(C/C=C/c3ccccc3)CC2)cc1. The summed E-state index contributed by atoms with van der Waals surface area (Å²) in [5, 5.41) is 0. The average molecular weight is 336 g/mol. The summed E-state index contributed by atoms with van der Waals surface area (Å²) >= 11 is 0. The van der Waals surface area contributed by atoms with Gasteiger partial charge in [0, 0.05) is 39.3 Å². The molecule has 1 fully saturated rings. The minimum atomic E-state index is 0.722. The molecule has 0 aliphatic carbocycles. The van der Waals surface area contributed by atoms with Crippen LogP contribution >= 0.6 is 0 Å². The van der Waals surface area contributed by atoms with Crippen molar-refractivity contribution in [3.8, 4) is 5.75 Å². The Bertz CT molecular complexity index is 643. The Labute approximate surface area is 151 Å². The minimum absolute atomic E-state index is 0.722. The number of rotatable bonds is 7. The maximum Gasteiger partial charge on any atom is 0.119 e. The van der Waals surface area contributed by atoms with Crippen molar-refractivity contribution >= 4 is 6.08 Å². The van der Waals surface area contributed by atoms with Crippen LogP contribution in [0.5, 0.6) is 5.75 Å². The van der Waals surface area contributed by atoms with E-state index >= 15 is 0 Å². The number of hydrogen-bond acceptors (Lipinski definition) is 3. The van der Waals surface area contributed by atoms with E-state index in [1.165, 1.54) is 11.1 Å². The second-order valence-corrected chi connectivity index (χ2v) is 6.47. The monoisotopic (exact) mass is 336 g/mol. The first-order chi connectivity index (χ1) is 12.3. The fraction of sp³-hybridized carbons (Fsp3) is 0.364. The summed E-state index contributed by atoms with van der Waals surface area (Å²) in [4.78, 5) is 5.06. The third kappa shape index (κ3) is 5.73. The molecule has 3 nitrogen and oxygen atoms in total. The van der Waals surface area contributed by atoms with E-state index in [1.54, 1.807) is 0 Å². The van der Waals surface area contributed by atoms with E-state index in [-0.39, 0.29) is 0 Å². The van der Waals surface area contributed by atoms with Crippen LogP contribution in [0, 0.1) is 0 Å². The highest BCUT2D eigenvalue weighted by Gasteiger charge is 2.15. The number of ether oxygens (including phenoxy) is 1. The van der Waals surface area contributed by atoms with E-state index in [9.17, 15) is 0 Å². The largest absolute Gasteiger partial charge is 0.494 e. The van der Waals surface area contributed by atoms with Crippen molar-refractivity contribution in [2.24, 2.45) is 0 Å². The van der Waals surface area contributed by atoms with Crippen molar-refractivity contribution in [1.29, 1.82) is 0 Å². The molecule has 25 heavy (non-hydrogen) atoms. The fourth-order valence-electron chi connectivity index (χ4n) is 3.15. The Morgan fingerprint density at radius 3 is 2.24 bits per heavy atom. The molecule has 0 spiro atoms. The zero-order valence-corrected chi connectivity index (χ0v) is 15.1. The summed E-state index contributed by atoms with van der Waals surface area (Å²) in [6.45, 7) is 9.33. The van der Waals surface area contributed by atoms with Gasteiger partial charge >= 0.3 is 0 Å². The van der Waals surface area contributed by atoms with Crippen LogP contribution < -0.4 is 4.74 Å². The maximum atomic E-state index is 5.51. The van der Waals surface area contributed by atoms with Gasteiger partial charge in [-0.15, -0.1) is 0 Å². The van der Waals surface area contributed by atoms with Gasteiger partial charge in [0.1, 0.15) is 5.75 Å². The van der Waals surface area contributed by atoms with Crippen molar-refractivity contribution in [1.82, 2.24) is 9.80 Å². The third-order valence-corrected chi connectivity index (χ3v) is 4.58. The Balaban J connectivity index is 1.40. The molecule has 132 valence electrons. The number of benzene rings is 2. The Morgan fingerprint density at radius 1 is 0.880 bits per heavy atom. The standard InChI is InChI=1S/C22H28N2O/c1-2-25-22-12-10-21(11-13-22)19-24-17-15-23(16-18-24)14-6-9-20-7-4-3-5-8-20/h3-13H,2,14-19H2,1H3/b9-6+. The normalized spacial score (nSPS) is 16.4. The van der Waals surface area contributed by atoms with Crippen LogP contribution in [0.3, 0.4) is 0 Å². The topological polar surface area (TPSA) is 15.7 Å². The lowest BCUT2D eigenvalue weighted by molar-refractivity contribution is 0.137. The molecule has 0 amide bonds. The van der Waals surface area contributed by atoms with Gasteiger partial charge in [0.25, 0.3) is 0 Å². The van der Waals surface area contributed by atoms with Crippen LogP contribution in [-0.4, -0.2) is 49.1 Å². The van der Waals surface area contributed by atoms with Crippen molar-refractivity contribution in [2.45, 2.75) is 13.5 Å². The third-order valence-electron chi connectivity index (χ3n) is 4.58. The van der Waals surface area contributed by atoms with Crippen LogP contribution in [-0.2, 0) is 6.54 Å². The number of piperazine rings is 1. The summed E-state index contributed by atoms with van der Waals surface area (Å²) in [6, 6.07) is 19.0.